The Morgan fingerprint density at radius 1 is 1.22 bits per heavy atom. The van der Waals surface area contributed by atoms with Crippen molar-refractivity contribution in [1.82, 2.24) is 9.88 Å². The Hall–Kier alpha value is -1.01. The summed E-state index contributed by atoms with van der Waals surface area (Å²) in [7, 11) is 0. The number of nitrogens with zero attached hydrogens (tertiary/aromatic N) is 2. The minimum atomic E-state index is 0.0379. The van der Waals surface area contributed by atoms with Gasteiger partial charge < -0.3 is 14.2 Å². The molecule has 3 saturated heterocycles. The van der Waals surface area contributed by atoms with Gasteiger partial charge >= 0.3 is 0 Å². The second-order valence-electron chi connectivity index (χ2n) is 7.07. The fourth-order valence-corrected chi connectivity index (χ4v) is 4.05. The van der Waals surface area contributed by atoms with Crippen LogP contribution in [0.5, 0.6) is 0 Å². The molecular weight excluding hydrogens is 292 g/mol. The van der Waals surface area contributed by atoms with Gasteiger partial charge in [0, 0.05) is 57.8 Å². The highest BCUT2D eigenvalue weighted by Gasteiger charge is 2.49. The summed E-state index contributed by atoms with van der Waals surface area (Å²) in [5.74, 6) is 0. The molecule has 4 heterocycles. The first-order chi connectivity index (χ1) is 11.3. The van der Waals surface area contributed by atoms with E-state index in [2.05, 4.69) is 16.0 Å². The predicted octanol–water partition coefficient (Wildman–Crippen LogP) is 2.01. The van der Waals surface area contributed by atoms with E-state index in [1.807, 2.05) is 12.3 Å². The molecule has 0 N–H and O–H groups in total. The van der Waals surface area contributed by atoms with E-state index in [1.54, 1.807) is 6.20 Å². The van der Waals surface area contributed by atoms with E-state index in [1.165, 1.54) is 0 Å². The summed E-state index contributed by atoms with van der Waals surface area (Å²) in [6, 6.07) is 4.72. The van der Waals surface area contributed by atoms with Crippen LogP contribution >= 0.6 is 0 Å². The van der Waals surface area contributed by atoms with Crippen molar-refractivity contribution in [2.24, 2.45) is 0 Å². The fourth-order valence-electron chi connectivity index (χ4n) is 4.05. The SMILES string of the molecule is c1cncc(COC2CCOC3(C2)CN(C2CCOCC2)C3)c1. The lowest BCUT2D eigenvalue weighted by molar-refractivity contribution is -0.210. The van der Waals surface area contributed by atoms with E-state index in [4.69, 9.17) is 14.2 Å². The Morgan fingerprint density at radius 2 is 2.09 bits per heavy atom. The quantitative estimate of drug-likeness (QED) is 0.850. The van der Waals surface area contributed by atoms with Crippen LogP contribution in [-0.2, 0) is 20.8 Å². The average molecular weight is 318 g/mol. The monoisotopic (exact) mass is 318 g/mol. The first-order valence-corrected chi connectivity index (χ1v) is 8.79. The Bertz CT molecular complexity index is 498. The average Bonchev–Trinajstić information content (AvgIpc) is 2.60. The van der Waals surface area contributed by atoms with Gasteiger partial charge in [-0.2, -0.15) is 0 Å². The van der Waals surface area contributed by atoms with Crippen LogP contribution in [-0.4, -0.2) is 60.5 Å². The summed E-state index contributed by atoms with van der Waals surface area (Å²) in [4.78, 5) is 6.72. The van der Waals surface area contributed by atoms with Crippen molar-refractivity contribution in [1.29, 1.82) is 0 Å². The number of rotatable bonds is 4. The van der Waals surface area contributed by atoms with Crippen molar-refractivity contribution in [2.45, 2.75) is 50.0 Å². The molecule has 0 aliphatic carbocycles. The van der Waals surface area contributed by atoms with Gasteiger partial charge in [-0.05, 0) is 30.9 Å². The molecule has 5 heteroatoms. The van der Waals surface area contributed by atoms with Crippen molar-refractivity contribution in [3.05, 3.63) is 30.1 Å². The second-order valence-corrected chi connectivity index (χ2v) is 7.07. The summed E-state index contributed by atoms with van der Waals surface area (Å²) < 4.78 is 17.7. The summed E-state index contributed by atoms with van der Waals surface area (Å²) in [6.45, 7) is 5.41. The van der Waals surface area contributed by atoms with Crippen LogP contribution in [0.15, 0.2) is 24.5 Å². The molecule has 1 aromatic heterocycles. The highest BCUT2D eigenvalue weighted by Crippen LogP contribution is 2.38. The lowest BCUT2D eigenvalue weighted by atomic mass is 9.82. The topological polar surface area (TPSA) is 43.8 Å². The van der Waals surface area contributed by atoms with Gasteiger partial charge in [0.2, 0.25) is 0 Å². The van der Waals surface area contributed by atoms with E-state index >= 15 is 0 Å². The molecule has 0 aromatic carbocycles. The molecule has 1 aromatic rings. The van der Waals surface area contributed by atoms with Crippen molar-refractivity contribution in [3.63, 3.8) is 0 Å². The normalized spacial score (nSPS) is 28.6. The van der Waals surface area contributed by atoms with Crippen LogP contribution in [0.4, 0.5) is 0 Å². The number of pyridine rings is 1. The smallest absolute Gasteiger partial charge is 0.0959 e. The van der Waals surface area contributed by atoms with Crippen LogP contribution < -0.4 is 0 Å². The minimum absolute atomic E-state index is 0.0379. The number of likely N-dealkylation sites (tertiary alicyclic amines) is 1. The van der Waals surface area contributed by atoms with Crippen molar-refractivity contribution in [2.75, 3.05) is 32.9 Å². The van der Waals surface area contributed by atoms with Gasteiger partial charge in [-0.1, -0.05) is 6.07 Å². The summed E-state index contributed by atoms with van der Waals surface area (Å²) in [5.41, 5.74) is 1.18. The lowest BCUT2D eigenvalue weighted by Crippen LogP contribution is -2.68. The van der Waals surface area contributed by atoms with E-state index in [0.717, 1.165) is 64.2 Å². The van der Waals surface area contributed by atoms with Crippen LogP contribution in [0, 0.1) is 0 Å². The molecule has 23 heavy (non-hydrogen) atoms. The highest BCUT2D eigenvalue weighted by atomic mass is 16.5. The molecule has 3 aliphatic heterocycles. The predicted molar refractivity (Wildman–Crippen MR) is 86.1 cm³/mol. The zero-order chi connectivity index (χ0) is 15.5. The minimum Gasteiger partial charge on any atom is -0.381 e. The molecule has 126 valence electrons. The van der Waals surface area contributed by atoms with Gasteiger partial charge in [0.25, 0.3) is 0 Å². The van der Waals surface area contributed by atoms with Gasteiger partial charge in [-0.25, -0.2) is 0 Å². The molecule has 5 nitrogen and oxygen atoms in total. The zero-order valence-corrected chi connectivity index (χ0v) is 13.7. The lowest BCUT2D eigenvalue weighted by Gasteiger charge is -2.56. The van der Waals surface area contributed by atoms with Gasteiger partial charge in [-0.15, -0.1) is 0 Å². The van der Waals surface area contributed by atoms with Gasteiger partial charge in [0.05, 0.1) is 18.3 Å². The number of ether oxygens (including phenoxy) is 3. The van der Waals surface area contributed by atoms with E-state index < -0.39 is 0 Å². The third-order valence-corrected chi connectivity index (χ3v) is 5.35. The molecule has 3 fully saturated rings. The third kappa shape index (κ3) is 3.58. The van der Waals surface area contributed by atoms with E-state index in [9.17, 15) is 0 Å². The molecule has 4 rings (SSSR count). The van der Waals surface area contributed by atoms with Gasteiger partial charge in [0.15, 0.2) is 0 Å². The summed E-state index contributed by atoms with van der Waals surface area (Å²) in [5, 5.41) is 0. The zero-order valence-electron chi connectivity index (χ0n) is 13.7. The summed E-state index contributed by atoms with van der Waals surface area (Å²) in [6.07, 6.45) is 8.33. The fraction of sp³-hybridized carbons (Fsp3) is 0.722. The molecule has 0 radical (unpaired) electrons. The number of aromatic nitrogens is 1. The third-order valence-electron chi connectivity index (χ3n) is 5.35. The maximum Gasteiger partial charge on any atom is 0.0959 e. The Balaban J connectivity index is 1.26. The van der Waals surface area contributed by atoms with Crippen LogP contribution in [0.3, 0.4) is 0 Å². The summed E-state index contributed by atoms with van der Waals surface area (Å²) >= 11 is 0. The Kier molecular flexibility index (Phi) is 4.62. The number of hydrogen-bond donors (Lipinski definition) is 0. The Morgan fingerprint density at radius 3 is 2.87 bits per heavy atom. The van der Waals surface area contributed by atoms with Crippen molar-refractivity contribution in [3.8, 4) is 0 Å². The molecule has 0 saturated carbocycles. The molecule has 0 bridgehead atoms. The maximum atomic E-state index is 6.14. The highest BCUT2D eigenvalue weighted by molar-refractivity contribution is 5.07. The van der Waals surface area contributed by atoms with E-state index in [-0.39, 0.29) is 5.60 Å². The Labute approximate surface area is 137 Å². The molecule has 1 unspecified atom stereocenters. The van der Waals surface area contributed by atoms with E-state index in [0.29, 0.717) is 18.8 Å². The van der Waals surface area contributed by atoms with Crippen LogP contribution in [0.25, 0.3) is 0 Å². The molecule has 3 aliphatic rings. The van der Waals surface area contributed by atoms with Gasteiger partial charge in [0.1, 0.15) is 0 Å². The second kappa shape index (κ2) is 6.85. The van der Waals surface area contributed by atoms with Gasteiger partial charge in [-0.3, -0.25) is 9.88 Å². The number of hydrogen-bond acceptors (Lipinski definition) is 5. The van der Waals surface area contributed by atoms with Crippen molar-refractivity contribution < 1.29 is 14.2 Å². The molecule has 0 amide bonds. The first-order valence-electron chi connectivity index (χ1n) is 8.79. The maximum absolute atomic E-state index is 6.14. The molecular formula is C18H26N2O3. The molecule has 1 atom stereocenters. The van der Waals surface area contributed by atoms with Crippen molar-refractivity contribution >= 4 is 0 Å². The standard InChI is InChI=1S/C18H26N2O3/c1-2-15(11-19-6-1)12-22-17-5-9-23-18(10-17)13-20(14-18)16-3-7-21-8-4-16/h1-2,6,11,16-17H,3-5,7-10,12-14H2. The molecule has 1 spiro atoms. The van der Waals surface area contributed by atoms with Crippen LogP contribution in [0.2, 0.25) is 0 Å². The van der Waals surface area contributed by atoms with Crippen LogP contribution in [0.1, 0.15) is 31.2 Å². The largest absolute Gasteiger partial charge is 0.381 e. The first kappa shape index (κ1) is 15.5.